The highest BCUT2D eigenvalue weighted by Crippen LogP contribution is 2.23. The zero-order valence-corrected chi connectivity index (χ0v) is 12.8. The maximum absolute atomic E-state index is 4.25. The Morgan fingerprint density at radius 3 is 2.71 bits per heavy atom. The minimum absolute atomic E-state index is 0.732. The van der Waals surface area contributed by atoms with E-state index in [2.05, 4.69) is 47.3 Å². The lowest BCUT2D eigenvalue weighted by molar-refractivity contribution is 0.792. The first-order valence-corrected chi connectivity index (χ1v) is 7.73. The third-order valence-corrected chi connectivity index (χ3v) is 4.21. The fraction of sp³-hybridized carbons (Fsp3) is 0.188. The summed E-state index contributed by atoms with van der Waals surface area (Å²) in [7, 11) is 0. The van der Waals surface area contributed by atoms with E-state index in [0.717, 1.165) is 16.6 Å². The van der Waals surface area contributed by atoms with Gasteiger partial charge in [-0.05, 0) is 43.2 Å². The molecule has 0 aliphatic heterocycles. The highest BCUT2D eigenvalue weighted by Gasteiger charge is 2.04. The molecule has 0 fully saturated rings. The van der Waals surface area contributed by atoms with Crippen LogP contribution in [0.3, 0.4) is 0 Å². The van der Waals surface area contributed by atoms with Gasteiger partial charge >= 0.3 is 0 Å². The molecule has 0 aliphatic carbocycles. The minimum atomic E-state index is 0.732. The molecule has 2 heterocycles. The molecule has 4 nitrogen and oxygen atoms in total. The SMILES string of the molecule is Cc1ccc(C)c(CSc2ccc(-n3cccn3)nn2)c1. The van der Waals surface area contributed by atoms with E-state index in [0.29, 0.717) is 0 Å². The summed E-state index contributed by atoms with van der Waals surface area (Å²) in [4.78, 5) is 0. The summed E-state index contributed by atoms with van der Waals surface area (Å²) in [5, 5.41) is 13.5. The van der Waals surface area contributed by atoms with E-state index in [1.165, 1.54) is 16.7 Å². The molecule has 0 N–H and O–H groups in total. The maximum Gasteiger partial charge on any atom is 0.175 e. The smallest absolute Gasteiger partial charge is 0.175 e. The average Bonchev–Trinajstić information content (AvgIpc) is 3.03. The number of hydrogen-bond donors (Lipinski definition) is 0. The molecule has 2 aromatic heterocycles. The predicted octanol–water partition coefficient (Wildman–Crippen LogP) is 3.57. The van der Waals surface area contributed by atoms with Gasteiger partial charge in [0.05, 0.1) is 0 Å². The molecule has 0 amide bonds. The summed E-state index contributed by atoms with van der Waals surface area (Å²) in [5.41, 5.74) is 3.95. The Kier molecular flexibility index (Phi) is 4.01. The topological polar surface area (TPSA) is 43.6 Å². The Balaban J connectivity index is 1.70. The third-order valence-electron chi connectivity index (χ3n) is 3.25. The van der Waals surface area contributed by atoms with Crippen LogP contribution in [0.25, 0.3) is 5.82 Å². The monoisotopic (exact) mass is 296 g/mol. The Morgan fingerprint density at radius 2 is 2.00 bits per heavy atom. The number of nitrogens with zero attached hydrogens (tertiary/aromatic N) is 4. The first kappa shape index (κ1) is 13.8. The number of hydrogen-bond acceptors (Lipinski definition) is 4. The van der Waals surface area contributed by atoms with Crippen LogP contribution in [0.4, 0.5) is 0 Å². The van der Waals surface area contributed by atoms with Gasteiger partial charge in [0, 0.05) is 18.1 Å². The number of thioether (sulfide) groups is 1. The van der Waals surface area contributed by atoms with Crippen molar-refractivity contribution in [3.8, 4) is 5.82 Å². The summed E-state index contributed by atoms with van der Waals surface area (Å²) in [6, 6.07) is 12.3. The van der Waals surface area contributed by atoms with Gasteiger partial charge in [-0.15, -0.1) is 10.2 Å². The number of aromatic nitrogens is 4. The van der Waals surface area contributed by atoms with Gasteiger partial charge in [-0.2, -0.15) is 5.10 Å². The normalized spacial score (nSPS) is 10.8. The molecule has 21 heavy (non-hydrogen) atoms. The Labute approximate surface area is 128 Å². The van der Waals surface area contributed by atoms with Gasteiger partial charge in [0.15, 0.2) is 5.82 Å². The molecule has 0 atom stereocenters. The molecular formula is C16H16N4S. The number of rotatable bonds is 4. The minimum Gasteiger partial charge on any atom is -0.221 e. The van der Waals surface area contributed by atoms with Crippen LogP contribution in [0, 0.1) is 13.8 Å². The molecule has 3 aromatic rings. The number of aryl methyl sites for hydroxylation is 2. The van der Waals surface area contributed by atoms with Gasteiger partial charge in [-0.3, -0.25) is 0 Å². The van der Waals surface area contributed by atoms with E-state index in [9.17, 15) is 0 Å². The van der Waals surface area contributed by atoms with Crippen LogP contribution < -0.4 is 0 Å². The Hall–Kier alpha value is -2.14. The summed E-state index contributed by atoms with van der Waals surface area (Å²) in [6.45, 7) is 4.26. The van der Waals surface area contributed by atoms with Crippen molar-refractivity contribution in [1.29, 1.82) is 0 Å². The molecule has 3 rings (SSSR count). The average molecular weight is 296 g/mol. The summed E-state index contributed by atoms with van der Waals surface area (Å²) in [6.07, 6.45) is 3.58. The highest BCUT2D eigenvalue weighted by atomic mass is 32.2. The van der Waals surface area contributed by atoms with Crippen LogP contribution in [-0.4, -0.2) is 20.0 Å². The van der Waals surface area contributed by atoms with E-state index >= 15 is 0 Å². The molecule has 0 radical (unpaired) electrons. The van der Waals surface area contributed by atoms with Gasteiger partial charge in [-0.25, -0.2) is 4.68 Å². The van der Waals surface area contributed by atoms with Gasteiger partial charge in [0.2, 0.25) is 0 Å². The predicted molar refractivity (Wildman–Crippen MR) is 84.6 cm³/mol. The zero-order valence-electron chi connectivity index (χ0n) is 12.0. The number of benzene rings is 1. The fourth-order valence-electron chi connectivity index (χ4n) is 2.02. The van der Waals surface area contributed by atoms with Crippen molar-refractivity contribution in [2.24, 2.45) is 0 Å². The van der Waals surface area contributed by atoms with Crippen LogP contribution in [0.1, 0.15) is 16.7 Å². The van der Waals surface area contributed by atoms with Gasteiger partial charge < -0.3 is 0 Å². The first-order valence-electron chi connectivity index (χ1n) is 6.75. The quantitative estimate of drug-likeness (QED) is 0.690. The van der Waals surface area contributed by atoms with Crippen molar-refractivity contribution < 1.29 is 0 Å². The lowest BCUT2D eigenvalue weighted by Gasteiger charge is -2.06. The molecule has 0 unspecified atom stereocenters. The molecule has 0 aliphatic rings. The van der Waals surface area contributed by atoms with Crippen molar-refractivity contribution in [2.45, 2.75) is 24.6 Å². The maximum atomic E-state index is 4.25. The van der Waals surface area contributed by atoms with Gasteiger partial charge in [0.25, 0.3) is 0 Å². The molecule has 1 aromatic carbocycles. The summed E-state index contributed by atoms with van der Waals surface area (Å²) in [5.74, 6) is 1.64. The second-order valence-electron chi connectivity index (χ2n) is 4.90. The molecule has 0 saturated carbocycles. The van der Waals surface area contributed by atoms with Crippen LogP contribution in [0.5, 0.6) is 0 Å². The molecule has 0 bridgehead atoms. The van der Waals surface area contributed by atoms with Crippen molar-refractivity contribution in [1.82, 2.24) is 20.0 Å². The van der Waals surface area contributed by atoms with Crippen LogP contribution in [0.2, 0.25) is 0 Å². The van der Waals surface area contributed by atoms with E-state index in [1.54, 1.807) is 22.6 Å². The largest absolute Gasteiger partial charge is 0.221 e. The third kappa shape index (κ3) is 3.31. The molecule has 0 spiro atoms. The van der Waals surface area contributed by atoms with Crippen molar-refractivity contribution >= 4 is 11.8 Å². The van der Waals surface area contributed by atoms with Crippen molar-refractivity contribution in [3.63, 3.8) is 0 Å². The second-order valence-corrected chi connectivity index (χ2v) is 5.89. The molecule has 106 valence electrons. The molecular weight excluding hydrogens is 280 g/mol. The molecule has 0 saturated heterocycles. The highest BCUT2D eigenvalue weighted by molar-refractivity contribution is 7.98. The van der Waals surface area contributed by atoms with E-state index in [4.69, 9.17) is 0 Å². The summed E-state index contributed by atoms with van der Waals surface area (Å²) < 4.78 is 1.70. The van der Waals surface area contributed by atoms with Gasteiger partial charge in [-0.1, -0.05) is 35.5 Å². The first-order chi connectivity index (χ1) is 10.2. The Morgan fingerprint density at radius 1 is 1.10 bits per heavy atom. The standard InChI is InChI=1S/C16H16N4S/c1-12-4-5-13(2)14(10-12)11-21-16-7-6-15(18-19-16)20-9-3-8-17-20/h3-10H,11H2,1-2H3. The van der Waals surface area contributed by atoms with E-state index in [-0.39, 0.29) is 0 Å². The van der Waals surface area contributed by atoms with Crippen LogP contribution in [0.15, 0.2) is 53.8 Å². The van der Waals surface area contributed by atoms with E-state index < -0.39 is 0 Å². The second kappa shape index (κ2) is 6.10. The lowest BCUT2D eigenvalue weighted by Crippen LogP contribution is -1.99. The van der Waals surface area contributed by atoms with E-state index in [1.807, 2.05) is 24.4 Å². The zero-order chi connectivity index (χ0) is 14.7. The summed E-state index contributed by atoms with van der Waals surface area (Å²) >= 11 is 1.70. The van der Waals surface area contributed by atoms with Crippen LogP contribution >= 0.6 is 11.8 Å². The fourth-order valence-corrected chi connectivity index (χ4v) is 2.90. The van der Waals surface area contributed by atoms with Crippen LogP contribution in [-0.2, 0) is 5.75 Å². The van der Waals surface area contributed by atoms with Crippen molar-refractivity contribution in [2.75, 3.05) is 0 Å². The lowest BCUT2D eigenvalue weighted by atomic mass is 10.1. The van der Waals surface area contributed by atoms with Gasteiger partial charge in [0.1, 0.15) is 5.03 Å². The Bertz CT molecular complexity index is 721. The van der Waals surface area contributed by atoms with Crippen molar-refractivity contribution in [3.05, 3.63) is 65.5 Å². The molecule has 5 heteroatoms.